The molecule has 21 heavy (non-hydrogen) atoms. The van der Waals surface area contributed by atoms with Crippen molar-refractivity contribution in [1.82, 2.24) is 4.31 Å². The number of nitrogen functional groups attached to an aromatic ring is 1. The summed E-state index contributed by atoms with van der Waals surface area (Å²) in [5.74, 6) is 0.498. The van der Waals surface area contributed by atoms with Crippen molar-refractivity contribution in [2.75, 3.05) is 18.8 Å². The topological polar surface area (TPSA) is 107 Å². The third-order valence-corrected chi connectivity index (χ3v) is 5.92. The number of nitro groups is 1. The number of nitro benzene ring substituents is 1. The quantitative estimate of drug-likeness (QED) is 0.521. The van der Waals surface area contributed by atoms with Gasteiger partial charge in [0.25, 0.3) is 5.69 Å². The number of nitrogens with zero attached hydrogens (tertiary/aromatic N) is 2. The van der Waals surface area contributed by atoms with Gasteiger partial charge in [0.05, 0.1) is 9.82 Å². The summed E-state index contributed by atoms with van der Waals surface area (Å²) in [6.07, 6.45) is 1.60. The Balaban J connectivity index is 2.45. The maximum atomic E-state index is 12.7. The maximum absolute atomic E-state index is 12.7. The van der Waals surface area contributed by atoms with E-state index in [2.05, 4.69) is 6.92 Å². The Kier molecular flexibility index (Phi) is 4.20. The minimum atomic E-state index is -3.72. The van der Waals surface area contributed by atoms with E-state index in [1.165, 1.54) is 10.4 Å². The van der Waals surface area contributed by atoms with Crippen LogP contribution in [0, 0.1) is 23.0 Å². The molecular formula is C13H19N3O4S. The van der Waals surface area contributed by atoms with Gasteiger partial charge in [-0.1, -0.05) is 6.92 Å². The Morgan fingerprint density at radius 2 is 1.90 bits per heavy atom. The number of rotatable bonds is 3. The van der Waals surface area contributed by atoms with Crippen LogP contribution in [0.4, 0.5) is 11.4 Å². The molecule has 1 aliphatic rings. The summed E-state index contributed by atoms with van der Waals surface area (Å²) in [6.45, 7) is 4.57. The zero-order chi connectivity index (χ0) is 15.8. The molecule has 116 valence electrons. The lowest BCUT2D eigenvalue weighted by Gasteiger charge is -2.29. The van der Waals surface area contributed by atoms with Gasteiger partial charge in [0.2, 0.25) is 10.0 Å². The van der Waals surface area contributed by atoms with Gasteiger partial charge in [-0.2, -0.15) is 4.31 Å². The van der Waals surface area contributed by atoms with Crippen molar-refractivity contribution in [2.24, 2.45) is 5.92 Å². The van der Waals surface area contributed by atoms with Crippen LogP contribution in [0.3, 0.4) is 0 Å². The van der Waals surface area contributed by atoms with Crippen molar-refractivity contribution in [2.45, 2.75) is 31.6 Å². The zero-order valence-electron chi connectivity index (χ0n) is 12.1. The number of nitrogens with two attached hydrogens (primary N) is 1. The summed E-state index contributed by atoms with van der Waals surface area (Å²) in [5.41, 5.74) is 5.61. The molecule has 0 atom stereocenters. The average molecular weight is 313 g/mol. The van der Waals surface area contributed by atoms with Crippen molar-refractivity contribution in [3.8, 4) is 0 Å². The van der Waals surface area contributed by atoms with E-state index >= 15 is 0 Å². The average Bonchev–Trinajstić information content (AvgIpc) is 2.38. The number of sulfonamides is 1. The Morgan fingerprint density at radius 3 is 2.43 bits per heavy atom. The van der Waals surface area contributed by atoms with Gasteiger partial charge in [-0.05, 0) is 37.3 Å². The van der Waals surface area contributed by atoms with Crippen LogP contribution < -0.4 is 5.73 Å². The molecule has 1 aromatic carbocycles. The van der Waals surface area contributed by atoms with Crippen LogP contribution in [0.2, 0.25) is 0 Å². The Bertz CT molecular complexity index is 664. The first kappa shape index (κ1) is 15.7. The summed E-state index contributed by atoms with van der Waals surface area (Å²) in [6, 6.07) is 2.41. The second-order valence-electron chi connectivity index (χ2n) is 5.52. The third-order valence-electron chi connectivity index (χ3n) is 3.88. The van der Waals surface area contributed by atoms with Gasteiger partial charge in [-0.15, -0.1) is 0 Å². The van der Waals surface area contributed by atoms with E-state index in [-0.39, 0.29) is 16.3 Å². The van der Waals surface area contributed by atoms with Crippen LogP contribution >= 0.6 is 0 Å². The fourth-order valence-electron chi connectivity index (χ4n) is 2.50. The van der Waals surface area contributed by atoms with Crippen molar-refractivity contribution in [3.63, 3.8) is 0 Å². The van der Waals surface area contributed by atoms with Crippen molar-refractivity contribution in [3.05, 3.63) is 27.8 Å². The molecule has 8 heteroatoms. The van der Waals surface area contributed by atoms with E-state index in [9.17, 15) is 18.5 Å². The second-order valence-corrected chi connectivity index (χ2v) is 7.43. The smallest absolute Gasteiger partial charge is 0.293 e. The van der Waals surface area contributed by atoms with E-state index < -0.39 is 14.9 Å². The zero-order valence-corrected chi connectivity index (χ0v) is 12.9. The van der Waals surface area contributed by atoms with Gasteiger partial charge in [0.15, 0.2) is 0 Å². The summed E-state index contributed by atoms with van der Waals surface area (Å²) >= 11 is 0. The number of aryl methyl sites for hydroxylation is 1. The minimum absolute atomic E-state index is 0.0243. The predicted octanol–water partition coefficient (Wildman–Crippen LogP) is 1.91. The van der Waals surface area contributed by atoms with Crippen molar-refractivity contribution < 1.29 is 13.3 Å². The maximum Gasteiger partial charge on any atom is 0.293 e. The normalized spacial score (nSPS) is 17.8. The van der Waals surface area contributed by atoms with Crippen LogP contribution in [0.1, 0.15) is 25.3 Å². The largest absolute Gasteiger partial charge is 0.393 e. The van der Waals surface area contributed by atoms with Crippen LogP contribution in [0.5, 0.6) is 0 Å². The molecule has 0 aliphatic carbocycles. The molecule has 1 aliphatic heterocycles. The number of benzene rings is 1. The SMILES string of the molecule is Cc1cc(N)c([N+](=O)[O-])cc1S(=O)(=O)N1CCC(C)CC1. The Morgan fingerprint density at radius 1 is 1.33 bits per heavy atom. The van der Waals surface area contributed by atoms with Gasteiger partial charge < -0.3 is 5.73 Å². The lowest BCUT2D eigenvalue weighted by atomic mass is 10.0. The molecular weight excluding hydrogens is 294 g/mol. The standard InChI is InChI=1S/C13H19N3O4S/c1-9-3-5-15(6-4-9)21(19,20)13-8-12(16(17)18)11(14)7-10(13)2/h7-9H,3-6,14H2,1-2H3. The molecule has 2 N–H and O–H groups in total. The highest BCUT2D eigenvalue weighted by Crippen LogP contribution is 2.31. The molecule has 0 radical (unpaired) electrons. The van der Waals surface area contributed by atoms with Crippen molar-refractivity contribution >= 4 is 21.4 Å². The van der Waals surface area contributed by atoms with E-state index in [1.807, 2.05) is 0 Å². The monoisotopic (exact) mass is 313 g/mol. The first-order valence-corrected chi connectivity index (χ1v) is 8.22. The van der Waals surface area contributed by atoms with Crippen LogP contribution in [-0.4, -0.2) is 30.7 Å². The molecule has 0 unspecified atom stereocenters. The lowest BCUT2D eigenvalue weighted by Crippen LogP contribution is -2.38. The fraction of sp³-hybridized carbons (Fsp3) is 0.538. The molecule has 0 spiro atoms. The van der Waals surface area contributed by atoms with Crippen LogP contribution in [0.25, 0.3) is 0 Å². The molecule has 1 fully saturated rings. The Labute approximate surface area is 123 Å². The molecule has 1 aromatic rings. The molecule has 7 nitrogen and oxygen atoms in total. The van der Waals surface area contributed by atoms with Gasteiger partial charge in [-0.3, -0.25) is 10.1 Å². The summed E-state index contributed by atoms with van der Waals surface area (Å²) in [4.78, 5) is 10.3. The lowest BCUT2D eigenvalue weighted by molar-refractivity contribution is -0.384. The van der Waals surface area contributed by atoms with Crippen LogP contribution in [0.15, 0.2) is 17.0 Å². The first-order valence-electron chi connectivity index (χ1n) is 6.78. The summed E-state index contributed by atoms with van der Waals surface area (Å²) < 4.78 is 26.7. The molecule has 0 aromatic heterocycles. The van der Waals surface area contributed by atoms with Gasteiger partial charge in [0, 0.05) is 19.2 Å². The van der Waals surface area contributed by atoms with E-state index in [0.717, 1.165) is 18.9 Å². The van der Waals surface area contributed by atoms with Gasteiger partial charge >= 0.3 is 0 Å². The number of piperidine rings is 1. The highest BCUT2D eigenvalue weighted by Gasteiger charge is 2.31. The highest BCUT2D eigenvalue weighted by molar-refractivity contribution is 7.89. The summed E-state index contributed by atoms with van der Waals surface area (Å²) in [7, 11) is -3.72. The van der Waals surface area contributed by atoms with E-state index in [1.54, 1.807) is 6.92 Å². The van der Waals surface area contributed by atoms with E-state index in [0.29, 0.717) is 24.6 Å². The third kappa shape index (κ3) is 3.01. The first-order chi connectivity index (χ1) is 9.73. The predicted molar refractivity (Wildman–Crippen MR) is 79.4 cm³/mol. The number of hydrogen-bond acceptors (Lipinski definition) is 5. The molecule has 0 saturated carbocycles. The minimum Gasteiger partial charge on any atom is -0.393 e. The molecule has 2 rings (SSSR count). The molecule has 1 saturated heterocycles. The Hall–Kier alpha value is -1.67. The fourth-order valence-corrected chi connectivity index (χ4v) is 4.20. The van der Waals surface area contributed by atoms with Crippen LogP contribution in [-0.2, 0) is 10.0 Å². The van der Waals surface area contributed by atoms with Crippen molar-refractivity contribution in [1.29, 1.82) is 0 Å². The summed E-state index contributed by atoms with van der Waals surface area (Å²) in [5, 5.41) is 10.9. The van der Waals surface area contributed by atoms with E-state index in [4.69, 9.17) is 5.73 Å². The second kappa shape index (κ2) is 5.61. The number of anilines is 1. The molecule has 0 amide bonds. The van der Waals surface area contributed by atoms with Gasteiger partial charge in [-0.25, -0.2) is 8.42 Å². The number of hydrogen-bond donors (Lipinski definition) is 1. The van der Waals surface area contributed by atoms with Gasteiger partial charge in [0.1, 0.15) is 5.69 Å². The molecule has 1 heterocycles. The molecule has 0 bridgehead atoms. The highest BCUT2D eigenvalue weighted by atomic mass is 32.2.